The minimum atomic E-state index is -0.296. The lowest BCUT2D eigenvalue weighted by molar-refractivity contribution is 0.247. The first kappa shape index (κ1) is 18.6. The number of hydrogen-bond donors (Lipinski definition) is 1. The van der Waals surface area contributed by atoms with Gasteiger partial charge < -0.3 is 10.1 Å². The van der Waals surface area contributed by atoms with Gasteiger partial charge in [-0.3, -0.25) is 4.90 Å². The summed E-state index contributed by atoms with van der Waals surface area (Å²) in [4.78, 5) is 15.0. The fourth-order valence-electron chi connectivity index (χ4n) is 3.76. The van der Waals surface area contributed by atoms with Crippen LogP contribution in [-0.2, 0) is 0 Å². The van der Waals surface area contributed by atoms with E-state index in [2.05, 4.69) is 32.2 Å². The van der Waals surface area contributed by atoms with E-state index in [4.69, 9.17) is 16.3 Å². The van der Waals surface area contributed by atoms with Crippen molar-refractivity contribution in [2.45, 2.75) is 45.6 Å². The number of hydrogen-bond acceptors (Lipinski definition) is 2. The second-order valence-electron chi connectivity index (χ2n) is 7.34. The minimum Gasteiger partial charge on any atom is -0.494 e. The molecule has 26 heavy (non-hydrogen) atoms. The molecule has 0 aliphatic carbocycles. The molecule has 1 unspecified atom stereocenters. The Labute approximate surface area is 160 Å². The van der Waals surface area contributed by atoms with Crippen molar-refractivity contribution in [3.05, 3.63) is 53.1 Å². The third-order valence-corrected chi connectivity index (χ3v) is 5.04. The molecule has 1 atom stereocenters. The van der Waals surface area contributed by atoms with E-state index in [1.807, 2.05) is 24.0 Å². The highest BCUT2D eigenvalue weighted by molar-refractivity contribution is 6.30. The Morgan fingerprint density at radius 3 is 2.62 bits per heavy atom. The summed E-state index contributed by atoms with van der Waals surface area (Å²) < 4.78 is 5.64. The van der Waals surface area contributed by atoms with Crippen LogP contribution in [0.4, 0.5) is 16.2 Å². The highest BCUT2D eigenvalue weighted by Gasteiger charge is 2.40. The Bertz CT molecular complexity index is 802. The first-order valence-electron chi connectivity index (χ1n) is 8.95. The molecule has 2 aromatic rings. The lowest BCUT2D eigenvalue weighted by atomic mass is 9.80. The number of carbonyl (C=O) groups excluding carboxylic acids is 1. The number of nitrogens with one attached hydrogen (secondary N) is 1. The number of nitrogens with zero attached hydrogens (tertiary/aromatic N) is 1. The summed E-state index contributed by atoms with van der Waals surface area (Å²) in [5, 5.41) is 3.63. The van der Waals surface area contributed by atoms with Gasteiger partial charge in [-0.1, -0.05) is 18.5 Å². The maximum Gasteiger partial charge on any atom is 0.326 e. The van der Waals surface area contributed by atoms with Crippen LogP contribution in [-0.4, -0.2) is 18.2 Å². The van der Waals surface area contributed by atoms with Crippen LogP contribution in [0.2, 0.25) is 5.02 Å². The van der Waals surface area contributed by atoms with E-state index in [-0.39, 0.29) is 11.6 Å². The smallest absolute Gasteiger partial charge is 0.326 e. The monoisotopic (exact) mass is 372 g/mol. The molecular formula is C21H25ClN2O2. The predicted octanol–water partition coefficient (Wildman–Crippen LogP) is 6.06. The van der Waals surface area contributed by atoms with Gasteiger partial charge in [0.15, 0.2) is 0 Å². The van der Waals surface area contributed by atoms with Crippen molar-refractivity contribution in [3.63, 3.8) is 0 Å². The molecule has 1 N–H and O–H groups in total. The maximum atomic E-state index is 13.1. The molecule has 5 heteroatoms. The van der Waals surface area contributed by atoms with Gasteiger partial charge in [0.05, 0.1) is 6.61 Å². The van der Waals surface area contributed by atoms with Crippen molar-refractivity contribution in [2.75, 3.05) is 16.8 Å². The third-order valence-electron chi connectivity index (χ3n) is 4.79. The van der Waals surface area contributed by atoms with Crippen molar-refractivity contribution in [1.29, 1.82) is 0 Å². The largest absolute Gasteiger partial charge is 0.494 e. The Morgan fingerprint density at radius 1 is 1.27 bits per heavy atom. The van der Waals surface area contributed by atoms with Crippen molar-refractivity contribution < 1.29 is 9.53 Å². The molecule has 2 aromatic carbocycles. The van der Waals surface area contributed by atoms with Crippen molar-refractivity contribution in [3.8, 4) is 5.75 Å². The molecule has 2 amide bonds. The van der Waals surface area contributed by atoms with Crippen LogP contribution in [0.5, 0.6) is 5.75 Å². The molecule has 0 bridgehead atoms. The second kappa shape index (κ2) is 7.20. The Kier molecular flexibility index (Phi) is 5.15. The van der Waals surface area contributed by atoms with E-state index in [0.29, 0.717) is 17.5 Å². The van der Waals surface area contributed by atoms with E-state index in [0.717, 1.165) is 29.1 Å². The van der Waals surface area contributed by atoms with Crippen LogP contribution in [0.15, 0.2) is 42.5 Å². The molecule has 138 valence electrons. The Hall–Kier alpha value is -2.20. The van der Waals surface area contributed by atoms with Crippen molar-refractivity contribution >= 4 is 29.0 Å². The standard InChI is InChI=1S/C21H25ClN2O2/c1-5-26-17-10-11-19-18(12-17)14(2)13-21(3,4)24(19)20(25)23-16-8-6-15(22)7-9-16/h6-12,14H,5,13H2,1-4H3,(H,23,25). The van der Waals surface area contributed by atoms with Crippen LogP contribution in [0.3, 0.4) is 0 Å². The normalized spacial score (nSPS) is 18.2. The first-order chi connectivity index (χ1) is 12.3. The fourth-order valence-corrected chi connectivity index (χ4v) is 3.89. The third kappa shape index (κ3) is 3.65. The lowest BCUT2D eigenvalue weighted by Crippen LogP contribution is -2.53. The zero-order valence-electron chi connectivity index (χ0n) is 15.7. The maximum absolute atomic E-state index is 13.1. The average Bonchev–Trinajstić information content (AvgIpc) is 2.57. The quantitative estimate of drug-likeness (QED) is 0.711. The van der Waals surface area contributed by atoms with Gasteiger partial charge >= 0.3 is 6.03 Å². The van der Waals surface area contributed by atoms with E-state index in [1.165, 1.54) is 0 Å². The number of anilines is 2. The summed E-state index contributed by atoms with van der Waals surface area (Å²) in [6.45, 7) is 9.00. The van der Waals surface area contributed by atoms with Gasteiger partial charge in [-0.05, 0) is 81.1 Å². The average molecular weight is 373 g/mol. The van der Waals surface area contributed by atoms with Gasteiger partial charge in [0.1, 0.15) is 5.75 Å². The molecule has 1 heterocycles. The van der Waals surface area contributed by atoms with Gasteiger partial charge in [0.2, 0.25) is 0 Å². The zero-order valence-corrected chi connectivity index (χ0v) is 16.4. The van der Waals surface area contributed by atoms with Crippen molar-refractivity contribution in [1.82, 2.24) is 0 Å². The number of amides is 2. The summed E-state index contributed by atoms with van der Waals surface area (Å²) in [5.74, 6) is 1.19. The number of fused-ring (bicyclic) bond motifs is 1. The number of urea groups is 1. The molecular weight excluding hydrogens is 348 g/mol. The SMILES string of the molecule is CCOc1ccc2c(c1)C(C)CC(C)(C)N2C(=O)Nc1ccc(Cl)cc1. The van der Waals surface area contributed by atoms with Crippen LogP contribution in [0.25, 0.3) is 0 Å². The summed E-state index contributed by atoms with van der Waals surface area (Å²) in [7, 11) is 0. The molecule has 0 radical (unpaired) electrons. The number of benzene rings is 2. The van der Waals surface area contributed by atoms with Crippen molar-refractivity contribution in [2.24, 2.45) is 0 Å². The molecule has 0 aromatic heterocycles. The highest BCUT2D eigenvalue weighted by atomic mass is 35.5. The van der Waals surface area contributed by atoms with Gasteiger partial charge in [-0.25, -0.2) is 4.79 Å². The fraction of sp³-hybridized carbons (Fsp3) is 0.381. The molecule has 1 aliphatic heterocycles. The molecule has 0 saturated carbocycles. The highest BCUT2D eigenvalue weighted by Crippen LogP contribution is 2.44. The van der Waals surface area contributed by atoms with E-state index >= 15 is 0 Å². The summed E-state index contributed by atoms with van der Waals surface area (Å²) in [6, 6.07) is 13.0. The van der Waals surface area contributed by atoms with Crippen LogP contribution in [0, 0.1) is 0 Å². The number of rotatable bonds is 3. The molecule has 3 rings (SSSR count). The summed E-state index contributed by atoms with van der Waals surface area (Å²) in [5.41, 5.74) is 2.50. The lowest BCUT2D eigenvalue weighted by Gasteiger charge is -2.45. The number of ether oxygens (including phenoxy) is 1. The van der Waals surface area contributed by atoms with Crippen LogP contribution >= 0.6 is 11.6 Å². The Balaban J connectivity index is 1.95. The number of halogens is 1. The topological polar surface area (TPSA) is 41.6 Å². The van der Waals surface area contributed by atoms with Gasteiger partial charge in [0.25, 0.3) is 0 Å². The van der Waals surface area contributed by atoms with Gasteiger partial charge in [-0.2, -0.15) is 0 Å². The first-order valence-corrected chi connectivity index (χ1v) is 9.33. The molecule has 1 aliphatic rings. The van der Waals surface area contributed by atoms with E-state index < -0.39 is 0 Å². The molecule has 0 spiro atoms. The summed E-state index contributed by atoms with van der Waals surface area (Å²) >= 11 is 5.93. The summed E-state index contributed by atoms with van der Waals surface area (Å²) in [6.07, 6.45) is 0.879. The van der Waals surface area contributed by atoms with E-state index in [9.17, 15) is 4.79 Å². The van der Waals surface area contributed by atoms with Gasteiger partial charge in [-0.15, -0.1) is 0 Å². The zero-order chi connectivity index (χ0) is 18.9. The van der Waals surface area contributed by atoms with Crippen LogP contribution < -0.4 is 15.0 Å². The minimum absolute atomic E-state index is 0.144. The molecule has 0 saturated heterocycles. The van der Waals surface area contributed by atoms with Crippen LogP contribution in [0.1, 0.15) is 45.6 Å². The Morgan fingerprint density at radius 2 is 1.96 bits per heavy atom. The van der Waals surface area contributed by atoms with Gasteiger partial charge in [0, 0.05) is 21.9 Å². The predicted molar refractivity (Wildman–Crippen MR) is 108 cm³/mol. The number of carbonyl (C=O) groups is 1. The van der Waals surface area contributed by atoms with E-state index in [1.54, 1.807) is 24.3 Å². The second-order valence-corrected chi connectivity index (χ2v) is 7.78. The molecule has 4 nitrogen and oxygen atoms in total. The molecule has 0 fully saturated rings.